The van der Waals surface area contributed by atoms with Crippen LogP contribution < -0.4 is 16.2 Å². The molecule has 0 aliphatic carbocycles. The number of nitrogens with one attached hydrogen (secondary N) is 2. The van der Waals surface area contributed by atoms with Crippen LogP contribution in [0.5, 0.6) is 0 Å². The van der Waals surface area contributed by atoms with Crippen molar-refractivity contribution < 1.29 is 14.3 Å². The van der Waals surface area contributed by atoms with Gasteiger partial charge in [-0.15, -0.1) is 0 Å². The minimum absolute atomic E-state index is 0.0576. The van der Waals surface area contributed by atoms with Gasteiger partial charge >= 0.3 is 0 Å². The Labute approximate surface area is 168 Å². The van der Waals surface area contributed by atoms with Gasteiger partial charge in [-0.05, 0) is 25.1 Å². The zero-order chi connectivity index (χ0) is 20.5. The molecule has 2 aliphatic heterocycles. The molecule has 4 atom stereocenters. The largest absolute Gasteiger partial charge is 0.396 e. The Bertz CT molecular complexity index is 1020. The third kappa shape index (κ3) is 3.41. The average molecular weight is 397 g/mol. The van der Waals surface area contributed by atoms with Gasteiger partial charge in [-0.2, -0.15) is 0 Å². The maximum Gasteiger partial charge on any atom is 0.258 e. The molecule has 1 aromatic heterocycles. The number of fused-ring (bicyclic) bond motifs is 3. The summed E-state index contributed by atoms with van der Waals surface area (Å²) in [5, 5.41) is 16.0. The number of aliphatic hydroxyl groups excluding tert-OH is 1. The number of aliphatic hydroxyl groups is 1. The quantitative estimate of drug-likeness (QED) is 0.716. The number of hydrogen-bond donors (Lipinski definition) is 3. The van der Waals surface area contributed by atoms with E-state index < -0.39 is 6.04 Å². The molecule has 0 spiro atoms. The standard InChI is InChI=1S/C22H24FN3O3/c1-2-5-13-8-9-18-19-15(11-26(18)22(13)29)16(12-27)20(25-19)21(28)24-10-14-6-3-4-7-17(14)23/h2-9,15-16,19-20,25,27H,10-12H2,1H3,(H,24,28)/b5-2+/t15-,16-,19+,20-/m0/s1. The number of nitrogens with zero attached hydrogens (tertiary/aromatic N) is 1. The fourth-order valence-corrected chi connectivity index (χ4v) is 4.51. The lowest BCUT2D eigenvalue weighted by molar-refractivity contribution is -0.124. The summed E-state index contributed by atoms with van der Waals surface area (Å²) in [5.74, 6) is -1.03. The van der Waals surface area contributed by atoms with Gasteiger partial charge < -0.3 is 15.0 Å². The minimum Gasteiger partial charge on any atom is -0.396 e. The van der Waals surface area contributed by atoms with Crippen molar-refractivity contribution >= 4 is 12.0 Å². The van der Waals surface area contributed by atoms with E-state index in [1.54, 1.807) is 34.9 Å². The van der Waals surface area contributed by atoms with E-state index >= 15 is 0 Å². The Morgan fingerprint density at radius 3 is 2.86 bits per heavy atom. The first-order valence-corrected chi connectivity index (χ1v) is 9.79. The molecule has 3 heterocycles. The van der Waals surface area contributed by atoms with Crippen LogP contribution in [0.3, 0.4) is 0 Å². The van der Waals surface area contributed by atoms with E-state index in [2.05, 4.69) is 10.6 Å². The lowest BCUT2D eigenvalue weighted by Gasteiger charge is -2.21. The van der Waals surface area contributed by atoms with Crippen molar-refractivity contribution in [1.82, 2.24) is 15.2 Å². The molecule has 1 amide bonds. The van der Waals surface area contributed by atoms with Crippen LogP contribution in [-0.2, 0) is 17.9 Å². The summed E-state index contributed by atoms with van der Waals surface area (Å²) in [4.78, 5) is 25.5. The third-order valence-electron chi connectivity index (χ3n) is 5.97. The molecule has 0 saturated carbocycles. The zero-order valence-corrected chi connectivity index (χ0v) is 16.1. The fourth-order valence-electron chi connectivity index (χ4n) is 4.51. The SMILES string of the molecule is C/C=C/c1ccc2n(c1=O)C[C@H]1[C@H](CO)[C@@H](C(=O)NCc3ccccc3F)N[C@@H]21. The molecule has 0 unspecified atom stereocenters. The molecule has 29 heavy (non-hydrogen) atoms. The highest BCUT2D eigenvalue weighted by molar-refractivity contribution is 5.82. The fraction of sp³-hybridized carbons (Fsp3) is 0.364. The molecular weight excluding hydrogens is 373 g/mol. The first-order valence-electron chi connectivity index (χ1n) is 9.79. The predicted molar refractivity (Wildman–Crippen MR) is 107 cm³/mol. The Morgan fingerprint density at radius 2 is 2.14 bits per heavy atom. The normalized spacial score (nSPS) is 25.2. The van der Waals surface area contributed by atoms with Crippen LogP contribution in [0.15, 0.2) is 47.3 Å². The van der Waals surface area contributed by atoms with E-state index in [0.29, 0.717) is 17.7 Å². The second-order valence-corrected chi connectivity index (χ2v) is 7.57. The molecule has 0 radical (unpaired) electrons. The summed E-state index contributed by atoms with van der Waals surface area (Å²) < 4.78 is 15.5. The molecule has 1 saturated heterocycles. The smallest absolute Gasteiger partial charge is 0.258 e. The highest BCUT2D eigenvalue weighted by Gasteiger charge is 2.50. The molecule has 152 valence electrons. The van der Waals surface area contributed by atoms with Crippen LogP contribution in [0.4, 0.5) is 4.39 Å². The zero-order valence-electron chi connectivity index (χ0n) is 16.1. The van der Waals surface area contributed by atoms with E-state index in [1.807, 2.05) is 19.1 Å². The molecule has 1 fully saturated rings. The lowest BCUT2D eigenvalue weighted by atomic mass is 9.88. The number of pyridine rings is 1. The number of benzene rings is 1. The highest BCUT2D eigenvalue weighted by Crippen LogP contribution is 2.42. The van der Waals surface area contributed by atoms with E-state index in [4.69, 9.17) is 0 Å². The monoisotopic (exact) mass is 397 g/mol. The Kier molecular flexibility index (Phi) is 5.34. The molecule has 0 bridgehead atoms. The van der Waals surface area contributed by atoms with Crippen molar-refractivity contribution in [2.75, 3.05) is 6.61 Å². The third-order valence-corrected chi connectivity index (χ3v) is 5.97. The number of halogens is 1. The van der Waals surface area contributed by atoms with Gasteiger partial charge in [-0.25, -0.2) is 4.39 Å². The van der Waals surface area contributed by atoms with Gasteiger partial charge in [-0.3, -0.25) is 14.9 Å². The van der Waals surface area contributed by atoms with E-state index in [0.717, 1.165) is 5.69 Å². The second kappa shape index (κ2) is 7.93. The van der Waals surface area contributed by atoms with Crippen LogP contribution in [0.1, 0.15) is 29.8 Å². The number of rotatable bonds is 5. The van der Waals surface area contributed by atoms with Crippen molar-refractivity contribution in [3.8, 4) is 0 Å². The van der Waals surface area contributed by atoms with Crippen molar-refractivity contribution in [2.24, 2.45) is 11.8 Å². The van der Waals surface area contributed by atoms with Gasteiger partial charge in [0.2, 0.25) is 5.91 Å². The van der Waals surface area contributed by atoms with Gasteiger partial charge in [0, 0.05) is 48.4 Å². The summed E-state index contributed by atoms with van der Waals surface area (Å²) >= 11 is 0. The summed E-state index contributed by atoms with van der Waals surface area (Å²) in [5.41, 5.74) is 1.80. The van der Waals surface area contributed by atoms with E-state index in [9.17, 15) is 19.1 Å². The highest BCUT2D eigenvalue weighted by atomic mass is 19.1. The van der Waals surface area contributed by atoms with Gasteiger partial charge in [0.05, 0.1) is 12.1 Å². The number of hydrogen-bond acceptors (Lipinski definition) is 4. The molecule has 6 nitrogen and oxygen atoms in total. The van der Waals surface area contributed by atoms with Gasteiger partial charge in [0.1, 0.15) is 5.82 Å². The molecule has 2 aromatic rings. The van der Waals surface area contributed by atoms with Crippen LogP contribution >= 0.6 is 0 Å². The minimum atomic E-state index is -0.596. The molecule has 1 aromatic carbocycles. The number of amides is 1. The van der Waals surface area contributed by atoms with E-state index in [-0.39, 0.29) is 48.3 Å². The van der Waals surface area contributed by atoms with Crippen molar-refractivity contribution in [3.63, 3.8) is 0 Å². The van der Waals surface area contributed by atoms with Crippen LogP contribution in [0.25, 0.3) is 6.08 Å². The topological polar surface area (TPSA) is 83.4 Å². The first kappa shape index (κ1) is 19.5. The van der Waals surface area contributed by atoms with Gasteiger partial charge in [0.25, 0.3) is 5.56 Å². The molecule has 7 heteroatoms. The first-order chi connectivity index (χ1) is 14.0. The summed E-state index contributed by atoms with van der Waals surface area (Å²) in [6.45, 7) is 2.23. The van der Waals surface area contributed by atoms with Gasteiger partial charge in [0.15, 0.2) is 0 Å². The maximum atomic E-state index is 13.8. The van der Waals surface area contributed by atoms with Crippen molar-refractivity contribution in [1.29, 1.82) is 0 Å². The predicted octanol–water partition coefficient (Wildman–Crippen LogP) is 1.59. The number of aromatic nitrogens is 1. The average Bonchev–Trinajstić information content (AvgIpc) is 3.26. The van der Waals surface area contributed by atoms with Crippen LogP contribution in [0.2, 0.25) is 0 Å². The Morgan fingerprint density at radius 1 is 1.34 bits per heavy atom. The summed E-state index contributed by atoms with van der Waals surface area (Å²) in [7, 11) is 0. The van der Waals surface area contributed by atoms with E-state index in [1.165, 1.54) is 6.07 Å². The molecule has 3 N–H and O–H groups in total. The molecule has 4 rings (SSSR count). The molecular formula is C22H24FN3O3. The van der Waals surface area contributed by atoms with Crippen molar-refractivity contribution in [3.05, 3.63) is 75.5 Å². The number of carbonyl (C=O) groups is 1. The number of allylic oxidation sites excluding steroid dienone is 1. The Balaban J connectivity index is 1.53. The lowest BCUT2D eigenvalue weighted by Crippen LogP contribution is -2.46. The Hall–Kier alpha value is -2.77. The van der Waals surface area contributed by atoms with Gasteiger partial charge in [-0.1, -0.05) is 30.4 Å². The van der Waals surface area contributed by atoms with Crippen LogP contribution in [0, 0.1) is 17.7 Å². The maximum absolute atomic E-state index is 13.8. The summed E-state index contributed by atoms with van der Waals surface area (Å²) in [6.07, 6.45) is 3.60. The van der Waals surface area contributed by atoms with Crippen LogP contribution in [-0.4, -0.2) is 28.2 Å². The van der Waals surface area contributed by atoms with Crippen molar-refractivity contribution in [2.45, 2.75) is 32.1 Å². The second-order valence-electron chi connectivity index (χ2n) is 7.57. The molecule has 2 aliphatic rings. The number of carbonyl (C=O) groups excluding carboxylic acids is 1. The summed E-state index contributed by atoms with van der Waals surface area (Å²) in [6, 6.07) is 9.22.